The van der Waals surface area contributed by atoms with Gasteiger partial charge in [0.05, 0.1) is 34.2 Å². The van der Waals surface area contributed by atoms with E-state index in [1.54, 1.807) is 31.3 Å². The van der Waals surface area contributed by atoms with Crippen molar-refractivity contribution in [1.29, 1.82) is 0 Å². The SMILES string of the molecule is Cn1nc(NC(=O)CNC2CC2)c2c(Cl)ccc(-c3ccc(C#CC(C)(C)O)nc3C(Cc3cc(F)cc(F)c3)NC(=O)Cn3nc(C(F)F)c4c3C(F)(F)C3CCC43)c21. The second kappa shape index (κ2) is 15.5. The molecule has 0 saturated heterocycles. The third kappa shape index (κ3) is 8.07. The average molecular weight is 853 g/mol. The summed E-state index contributed by atoms with van der Waals surface area (Å²) in [6.07, 6.45) is -1.09. The van der Waals surface area contributed by atoms with Gasteiger partial charge >= 0.3 is 0 Å². The van der Waals surface area contributed by atoms with Gasteiger partial charge < -0.3 is 21.1 Å². The van der Waals surface area contributed by atoms with Crippen LogP contribution in [0.2, 0.25) is 5.02 Å². The Hall–Kier alpha value is -5.44. The number of nitrogens with zero attached hydrogens (tertiary/aromatic N) is 5. The molecule has 3 aliphatic carbocycles. The van der Waals surface area contributed by atoms with Crippen LogP contribution in [0.3, 0.4) is 0 Å². The van der Waals surface area contributed by atoms with Crippen LogP contribution in [-0.4, -0.2) is 59.7 Å². The lowest BCUT2D eigenvalue weighted by Gasteiger charge is -2.34. The lowest BCUT2D eigenvalue weighted by Crippen LogP contribution is -2.36. The summed E-state index contributed by atoms with van der Waals surface area (Å²) in [5, 5.41) is 28.1. The molecule has 0 bridgehead atoms. The maximum Gasteiger partial charge on any atom is 0.293 e. The molecule has 0 aliphatic heterocycles. The Bertz CT molecular complexity index is 2590. The first-order valence-electron chi connectivity index (χ1n) is 19.3. The number of rotatable bonds is 12. The number of benzene rings is 2. The predicted molar refractivity (Wildman–Crippen MR) is 209 cm³/mol. The first-order valence-corrected chi connectivity index (χ1v) is 19.7. The largest absolute Gasteiger partial charge is 0.378 e. The van der Waals surface area contributed by atoms with Gasteiger partial charge in [-0.05, 0) is 93.7 Å². The van der Waals surface area contributed by atoms with Gasteiger partial charge in [0.2, 0.25) is 11.8 Å². The van der Waals surface area contributed by atoms with Crippen LogP contribution in [0.1, 0.15) is 91.8 Å². The summed E-state index contributed by atoms with van der Waals surface area (Å²) in [6, 6.07) is 8.19. The van der Waals surface area contributed by atoms with Crippen LogP contribution >= 0.6 is 11.6 Å². The molecule has 3 unspecified atom stereocenters. The van der Waals surface area contributed by atoms with Crippen molar-refractivity contribution in [1.82, 2.24) is 35.2 Å². The van der Waals surface area contributed by atoms with E-state index in [1.807, 2.05) is 0 Å². The predicted octanol–water partition coefficient (Wildman–Crippen LogP) is 7.21. The van der Waals surface area contributed by atoms with Crippen molar-refractivity contribution in [3.8, 4) is 23.0 Å². The number of alkyl halides is 4. The molecule has 2 fully saturated rings. The molecule has 0 radical (unpaired) electrons. The molecule has 3 aliphatic rings. The number of pyridine rings is 1. The number of carbonyl (C=O) groups excluding carboxylic acids is 2. The van der Waals surface area contributed by atoms with Gasteiger partial charge in [-0.15, -0.1) is 0 Å². The maximum atomic E-state index is 15.7. The Morgan fingerprint density at radius 1 is 1.00 bits per heavy atom. The molecule has 3 aromatic heterocycles. The fourth-order valence-corrected chi connectivity index (χ4v) is 8.38. The normalized spacial score (nSPS) is 18.4. The van der Waals surface area contributed by atoms with E-state index in [0.717, 1.165) is 25.0 Å². The van der Waals surface area contributed by atoms with Gasteiger partial charge in [-0.3, -0.25) is 19.0 Å². The van der Waals surface area contributed by atoms with Crippen molar-refractivity contribution in [3.05, 3.63) is 93.0 Å². The minimum Gasteiger partial charge on any atom is -0.378 e. The van der Waals surface area contributed by atoms with Crippen molar-refractivity contribution in [2.24, 2.45) is 13.0 Å². The number of carbonyl (C=O) groups is 2. The highest BCUT2D eigenvalue weighted by Gasteiger charge is 2.62. The van der Waals surface area contributed by atoms with Gasteiger partial charge in [-0.1, -0.05) is 23.6 Å². The van der Waals surface area contributed by atoms with E-state index in [9.17, 15) is 32.3 Å². The second-order valence-electron chi connectivity index (χ2n) is 16.1. The zero-order valence-corrected chi connectivity index (χ0v) is 33.3. The van der Waals surface area contributed by atoms with Crippen molar-refractivity contribution in [2.75, 3.05) is 11.9 Å². The summed E-state index contributed by atoms with van der Waals surface area (Å²) in [6.45, 7) is 2.08. The molecule has 2 saturated carbocycles. The number of aliphatic hydroxyl groups is 1. The molecule has 5 aromatic rings. The van der Waals surface area contributed by atoms with Crippen LogP contribution in [-0.2, 0) is 35.5 Å². The van der Waals surface area contributed by atoms with E-state index in [-0.39, 0.29) is 64.7 Å². The lowest BCUT2D eigenvalue weighted by atomic mass is 9.73. The van der Waals surface area contributed by atoms with Crippen molar-refractivity contribution in [3.63, 3.8) is 0 Å². The summed E-state index contributed by atoms with van der Waals surface area (Å²) < 4.78 is 91.2. The van der Waals surface area contributed by atoms with Crippen molar-refractivity contribution in [2.45, 2.75) is 88.4 Å². The molecule has 18 heteroatoms. The Kier molecular flexibility index (Phi) is 10.7. The third-order valence-corrected chi connectivity index (χ3v) is 11.3. The monoisotopic (exact) mass is 852 g/mol. The molecular weight excluding hydrogens is 814 g/mol. The Morgan fingerprint density at radius 2 is 1.72 bits per heavy atom. The Balaban J connectivity index is 1.24. The molecule has 2 aromatic carbocycles. The Morgan fingerprint density at radius 3 is 2.37 bits per heavy atom. The molecule has 314 valence electrons. The molecule has 11 nitrogen and oxygen atoms in total. The zero-order chi connectivity index (χ0) is 42.8. The van der Waals surface area contributed by atoms with Crippen LogP contribution in [0.5, 0.6) is 0 Å². The van der Waals surface area contributed by atoms with Crippen molar-refractivity contribution >= 4 is 40.1 Å². The summed E-state index contributed by atoms with van der Waals surface area (Å²) in [5.74, 6) is -2.94. The molecule has 8 rings (SSSR count). The van der Waals surface area contributed by atoms with Gasteiger partial charge in [0.15, 0.2) is 5.82 Å². The molecular formula is C42H39ClF6N8O3. The van der Waals surface area contributed by atoms with Gasteiger partial charge in [0.1, 0.15) is 40.9 Å². The lowest BCUT2D eigenvalue weighted by molar-refractivity contribution is -0.123. The zero-order valence-electron chi connectivity index (χ0n) is 32.5. The highest BCUT2D eigenvalue weighted by Crippen LogP contribution is 2.63. The van der Waals surface area contributed by atoms with E-state index in [0.29, 0.717) is 39.2 Å². The molecule has 4 N–H and O–H groups in total. The van der Waals surface area contributed by atoms with E-state index >= 15 is 8.78 Å². The van der Waals surface area contributed by atoms with Gasteiger partial charge in [0, 0.05) is 41.8 Å². The van der Waals surface area contributed by atoms with Crippen LogP contribution in [0.15, 0.2) is 42.5 Å². The fourth-order valence-electron chi connectivity index (χ4n) is 8.14. The van der Waals surface area contributed by atoms with E-state index < -0.39 is 71.3 Å². The topological polar surface area (TPSA) is 139 Å². The highest BCUT2D eigenvalue weighted by molar-refractivity contribution is 6.37. The fraction of sp³-hybridized carbons (Fsp3) is 0.405. The van der Waals surface area contributed by atoms with Crippen LogP contribution < -0.4 is 16.0 Å². The average Bonchev–Trinajstić information content (AvgIpc) is 3.78. The highest BCUT2D eigenvalue weighted by atomic mass is 35.5. The summed E-state index contributed by atoms with van der Waals surface area (Å²) in [5.41, 5.74) is -1.70. The third-order valence-electron chi connectivity index (χ3n) is 11.0. The van der Waals surface area contributed by atoms with Gasteiger partial charge in [-0.25, -0.2) is 22.5 Å². The number of halogens is 7. The molecule has 0 spiro atoms. The number of hydrogen-bond acceptors (Lipinski definition) is 7. The molecule has 3 atom stereocenters. The minimum atomic E-state index is -3.51. The minimum absolute atomic E-state index is 0.0485. The quantitative estimate of drug-likeness (QED) is 0.0769. The van der Waals surface area contributed by atoms with Crippen LogP contribution in [0.4, 0.5) is 32.2 Å². The molecule has 60 heavy (non-hydrogen) atoms. The number of aryl methyl sites for hydroxylation is 1. The van der Waals surface area contributed by atoms with Gasteiger partial charge in [0.25, 0.3) is 12.3 Å². The number of fused-ring (bicyclic) bond motifs is 4. The first-order chi connectivity index (χ1) is 28.4. The number of anilines is 1. The van der Waals surface area contributed by atoms with E-state index in [2.05, 4.69) is 38.0 Å². The number of nitrogens with one attached hydrogen (secondary N) is 3. The summed E-state index contributed by atoms with van der Waals surface area (Å²) in [4.78, 5) is 31.8. The van der Waals surface area contributed by atoms with Crippen molar-refractivity contribution < 1.29 is 41.0 Å². The smallest absolute Gasteiger partial charge is 0.293 e. The Labute approximate surface area is 344 Å². The second-order valence-corrected chi connectivity index (χ2v) is 16.5. The van der Waals surface area contributed by atoms with Gasteiger partial charge in [-0.2, -0.15) is 19.0 Å². The van der Waals surface area contributed by atoms with Crippen LogP contribution in [0, 0.1) is 29.4 Å². The number of amides is 2. The van der Waals surface area contributed by atoms with E-state index in [4.69, 9.17) is 16.6 Å². The molecule has 3 heterocycles. The van der Waals surface area contributed by atoms with Crippen LogP contribution in [0.25, 0.3) is 22.0 Å². The standard InChI is InChI=1S/C42H39ClF6N8O3/c1-41(2,60)13-12-24-6-7-25(26-9-11-29(43)34-37(26)56(3)55-40(34)53-31(58)18-50-23-4-5-23)35(51-24)30(16-20-14-21(44)17-22(45)15-20)52-32(59)19-57-38-33(36(54-57)39(46)47)27-8-10-28(27)42(38,48)49/h6-7,9,11,14-15,17,23,27-28,30,39,50,60H,4-5,8,10,16,18-19H2,1-3H3,(H,52,59)(H,53,55,58). The van der Waals surface area contributed by atoms with E-state index in [1.165, 1.54) is 18.5 Å². The number of hydrogen-bond donors (Lipinski definition) is 4. The molecule has 2 amide bonds. The summed E-state index contributed by atoms with van der Waals surface area (Å²) in [7, 11) is 1.63. The maximum absolute atomic E-state index is 15.7. The summed E-state index contributed by atoms with van der Waals surface area (Å²) >= 11 is 6.74. The first kappa shape index (κ1) is 41.3. The number of aromatic nitrogens is 5.